The van der Waals surface area contributed by atoms with Crippen LogP contribution in [0.3, 0.4) is 0 Å². The molecule has 1 aliphatic rings. The maximum absolute atomic E-state index is 11.9. The molecule has 2 amide bonds. The van der Waals surface area contributed by atoms with Crippen LogP contribution >= 0.6 is 0 Å². The van der Waals surface area contributed by atoms with Crippen LogP contribution in [-0.2, 0) is 11.3 Å². The van der Waals surface area contributed by atoms with Gasteiger partial charge in [-0.2, -0.15) is 0 Å². The van der Waals surface area contributed by atoms with Crippen molar-refractivity contribution in [3.8, 4) is 0 Å². The molecule has 1 aromatic carbocycles. The Morgan fingerprint density at radius 1 is 1.23 bits per heavy atom. The number of rotatable bonds is 4. The second kappa shape index (κ2) is 6.05. The van der Waals surface area contributed by atoms with E-state index in [2.05, 4.69) is 5.32 Å². The minimum Gasteiger partial charge on any atom is -0.456 e. The van der Waals surface area contributed by atoms with E-state index in [1.807, 2.05) is 24.3 Å². The molecule has 1 N–H and O–H groups in total. The van der Waals surface area contributed by atoms with Gasteiger partial charge in [-0.25, -0.2) is 0 Å². The average Bonchev–Trinajstić information content (AvgIpc) is 3.14. The molecule has 1 aromatic heterocycles. The zero-order chi connectivity index (χ0) is 15.5. The first kappa shape index (κ1) is 14.4. The van der Waals surface area contributed by atoms with Crippen LogP contribution in [0.25, 0.3) is 0 Å². The van der Waals surface area contributed by atoms with Crippen LogP contribution in [0.5, 0.6) is 0 Å². The summed E-state index contributed by atoms with van der Waals surface area (Å²) in [6.45, 7) is 3.01. The largest absolute Gasteiger partial charge is 0.456 e. The lowest BCUT2D eigenvalue weighted by Gasteiger charge is -2.16. The summed E-state index contributed by atoms with van der Waals surface area (Å²) in [5.74, 6) is 0.975. The van der Waals surface area contributed by atoms with E-state index in [4.69, 9.17) is 4.42 Å². The first-order valence-corrected chi connectivity index (χ1v) is 7.37. The molecule has 5 nitrogen and oxygen atoms in total. The molecule has 22 heavy (non-hydrogen) atoms. The Morgan fingerprint density at radius 2 is 2.00 bits per heavy atom. The predicted octanol–water partition coefficient (Wildman–Crippen LogP) is 2.64. The van der Waals surface area contributed by atoms with Gasteiger partial charge in [0, 0.05) is 25.2 Å². The van der Waals surface area contributed by atoms with Gasteiger partial charge >= 0.3 is 0 Å². The fraction of sp³-hybridized carbons (Fsp3) is 0.294. The Bertz CT molecular complexity index is 688. The monoisotopic (exact) mass is 298 g/mol. The van der Waals surface area contributed by atoms with Crippen LogP contribution in [0.2, 0.25) is 0 Å². The minimum atomic E-state index is -0.230. The summed E-state index contributed by atoms with van der Waals surface area (Å²) in [6.07, 6.45) is 1.54. The molecule has 1 saturated heterocycles. The van der Waals surface area contributed by atoms with Gasteiger partial charge in [-0.3, -0.25) is 9.59 Å². The number of carbonyl (C=O) groups is 2. The van der Waals surface area contributed by atoms with E-state index in [-0.39, 0.29) is 11.8 Å². The Hall–Kier alpha value is -2.56. The highest BCUT2D eigenvalue weighted by atomic mass is 16.3. The van der Waals surface area contributed by atoms with Crippen LogP contribution in [0.15, 0.2) is 40.8 Å². The van der Waals surface area contributed by atoms with Crippen molar-refractivity contribution in [2.24, 2.45) is 0 Å². The van der Waals surface area contributed by atoms with Crippen LogP contribution < -0.4 is 10.2 Å². The fourth-order valence-electron chi connectivity index (χ4n) is 2.54. The van der Waals surface area contributed by atoms with Gasteiger partial charge in [0.1, 0.15) is 5.76 Å². The molecular formula is C17H18N2O3. The van der Waals surface area contributed by atoms with Crippen molar-refractivity contribution in [2.45, 2.75) is 26.3 Å². The van der Waals surface area contributed by atoms with Crippen LogP contribution in [0.1, 0.15) is 34.7 Å². The Morgan fingerprint density at radius 3 is 2.59 bits per heavy atom. The van der Waals surface area contributed by atoms with E-state index in [9.17, 15) is 9.59 Å². The smallest absolute Gasteiger partial charge is 0.287 e. The van der Waals surface area contributed by atoms with Crippen LogP contribution in [0.4, 0.5) is 5.69 Å². The third-order valence-electron chi connectivity index (χ3n) is 3.74. The van der Waals surface area contributed by atoms with Crippen molar-refractivity contribution in [3.63, 3.8) is 0 Å². The van der Waals surface area contributed by atoms with Gasteiger partial charge in [-0.1, -0.05) is 12.1 Å². The summed E-state index contributed by atoms with van der Waals surface area (Å²) in [5, 5.41) is 2.81. The molecule has 0 unspecified atom stereocenters. The second-order valence-electron chi connectivity index (χ2n) is 5.41. The third kappa shape index (κ3) is 3.03. The number of benzene rings is 1. The number of nitrogens with zero attached hydrogens (tertiary/aromatic N) is 1. The fourth-order valence-corrected chi connectivity index (χ4v) is 2.54. The summed E-state index contributed by atoms with van der Waals surface area (Å²) >= 11 is 0. The molecule has 2 aromatic rings. The van der Waals surface area contributed by atoms with E-state index >= 15 is 0 Å². The molecule has 0 bridgehead atoms. The van der Waals surface area contributed by atoms with Gasteiger partial charge in [0.15, 0.2) is 5.76 Å². The van der Waals surface area contributed by atoms with Crippen molar-refractivity contribution in [1.82, 2.24) is 5.32 Å². The third-order valence-corrected chi connectivity index (χ3v) is 3.74. The number of amides is 2. The molecule has 2 heterocycles. The Labute approximate surface area is 128 Å². The van der Waals surface area contributed by atoms with Crippen molar-refractivity contribution >= 4 is 17.5 Å². The van der Waals surface area contributed by atoms with Gasteiger partial charge in [0.05, 0.1) is 0 Å². The lowest BCUT2D eigenvalue weighted by molar-refractivity contribution is -0.117. The molecule has 1 fully saturated rings. The highest BCUT2D eigenvalue weighted by Crippen LogP contribution is 2.21. The molecule has 0 aliphatic carbocycles. The van der Waals surface area contributed by atoms with E-state index in [0.717, 1.165) is 24.2 Å². The highest BCUT2D eigenvalue weighted by molar-refractivity contribution is 5.95. The summed E-state index contributed by atoms with van der Waals surface area (Å²) < 4.78 is 5.28. The van der Waals surface area contributed by atoms with Gasteiger partial charge in [-0.05, 0) is 43.2 Å². The average molecular weight is 298 g/mol. The number of aryl methyl sites for hydroxylation is 1. The van der Waals surface area contributed by atoms with E-state index in [1.54, 1.807) is 24.0 Å². The van der Waals surface area contributed by atoms with Crippen LogP contribution in [-0.4, -0.2) is 18.4 Å². The molecule has 0 atom stereocenters. The maximum atomic E-state index is 11.9. The normalized spacial score (nSPS) is 14.4. The van der Waals surface area contributed by atoms with Gasteiger partial charge in [0.25, 0.3) is 5.91 Å². The van der Waals surface area contributed by atoms with Crippen LogP contribution in [0, 0.1) is 6.92 Å². The second-order valence-corrected chi connectivity index (χ2v) is 5.41. The van der Waals surface area contributed by atoms with Gasteiger partial charge in [0.2, 0.25) is 5.91 Å². The standard InChI is InChI=1S/C17H18N2O3/c1-12-4-9-15(22-12)17(21)18-11-13-5-7-14(8-6-13)19-10-2-3-16(19)20/h4-9H,2-3,10-11H2,1H3,(H,18,21). The van der Waals surface area contributed by atoms with E-state index < -0.39 is 0 Å². The molecular weight excluding hydrogens is 280 g/mol. The van der Waals surface area contributed by atoms with Crippen molar-refractivity contribution in [1.29, 1.82) is 0 Å². The number of anilines is 1. The summed E-state index contributed by atoms with van der Waals surface area (Å²) in [7, 11) is 0. The minimum absolute atomic E-state index is 0.175. The number of furan rings is 1. The Kier molecular flexibility index (Phi) is 3.96. The zero-order valence-electron chi connectivity index (χ0n) is 12.5. The maximum Gasteiger partial charge on any atom is 0.287 e. The molecule has 114 valence electrons. The van der Waals surface area contributed by atoms with Crippen molar-refractivity contribution < 1.29 is 14.0 Å². The Balaban J connectivity index is 1.59. The highest BCUT2D eigenvalue weighted by Gasteiger charge is 2.21. The summed E-state index contributed by atoms with van der Waals surface area (Å²) in [4.78, 5) is 25.4. The van der Waals surface area contributed by atoms with Crippen molar-refractivity contribution in [3.05, 3.63) is 53.5 Å². The molecule has 5 heteroatoms. The zero-order valence-corrected chi connectivity index (χ0v) is 12.5. The molecule has 0 saturated carbocycles. The first-order chi connectivity index (χ1) is 10.6. The predicted molar refractivity (Wildman–Crippen MR) is 82.6 cm³/mol. The van der Waals surface area contributed by atoms with Gasteiger partial charge in [-0.15, -0.1) is 0 Å². The van der Waals surface area contributed by atoms with Crippen molar-refractivity contribution in [2.75, 3.05) is 11.4 Å². The van der Waals surface area contributed by atoms with Gasteiger partial charge < -0.3 is 14.6 Å². The number of nitrogens with one attached hydrogen (secondary N) is 1. The number of hydrogen-bond acceptors (Lipinski definition) is 3. The molecule has 0 spiro atoms. The number of carbonyl (C=O) groups excluding carboxylic acids is 2. The first-order valence-electron chi connectivity index (χ1n) is 7.37. The summed E-state index contributed by atoms with van der Waals surface area (Å²) in [5.41, 5.74) is 1.89. The molecule has 1 aliphatic heterocycles. The SMILES string of the molecule is Cc1ccc(C(=O)NCc2ccc(N3CCCC3=O)cc2)o1. The molecule has 3 rings (SSSR count). The molecule has 0 radical (unpaired) electrons. The van der Waals surface area contributed by atoms with E-state index in [0.29, 0.717) is 24.5 Å². The quantitative estimate of drug-likeness (QED) is 0.944. The summed E-state index contributed by atoms with van der Waals surface area (Å²) in [6, 6.07) is 11.1. The number of hydrogen-bond donors (Lipinski definition) is 1. The van der Waals surface area contributed by atoms with E-state index in [1.165, 1.54) is 0 Å². The lowest BCUT2D eigenvalue weighted by Crippen LogP contribution is -2.24. The lowest BCUT2D eigenvalue weighted by atomic mass is 10.2. The topological polar surface area (TPSA) is 62.6 Å².